The van der Waals surface area contributed by atoms with Crippen molar-refractivity contribution in [3.05, 3.63) is 29.6 Å². The fourth-order valence-corrected chi connectivity index (χ4v) is 3.74. The second kappa shape index (κ2) is 6.07. The van der Waals surface area contributed by atoms with Crippen molar-refractivity contribution in [1.82, 2.24) is 5.32 Å². The minimum absolute atomic E-state index is 0.0680. The standard InChI is InChI=1S/C15H22FNS/c1-4-13(10(2)3)17-14-8-9-18-15-11(14)6-5-7-12(15)16/h5-7,10,13-14,17H,4,8-9H2,1-3H3. The summed E-state index contributed by atoms with van der Waals surface area (Å²) in [5.41, 5.74) is 1.14. The average Bonchev–Trinajstić information content (AvgIpc) is 2.36. The van der Waals surface area contributed by atoms with Gasteiger partial charge >= 0.3 is 0 Å². The van der Waals surface area contributed by atoms with Crippen molar-refractivity contribution < 1.29 is 4.39 Å². The number of thioether (sulfide) groups is 1. The van der Waals surface area contributed by atoms with E-state index in [4.69, 9.17) is 0 Å². The molecule has 18 heavy (non-hydrogen) atoms. The number of halogens is 1. The molecule has 1 N–H and O–H groups in total. The zero-order valence-corrected chi connectivity index (χ0v) is 12.2. The zero-order chi connectivity index (χ0) is 13.1. The lowest BCUT2D eigenvalue weighted by Crippen LogP contribution is -2.37. The van der Waals surface area contributed by atoms with Gasteiger partial charge in [0.1, 0.15) is 5.82 Å². The monoisotopic (exact) mass is 267 g/mol. The molecule has 2 unspecified atom stereocenters. The van der Waals surface area contributed by atoms with E-state index in [1.807, 2.05) is 6.07 Å². The van der Waals surface area contributed by atoms with Gasteiger partial charge in [0.25, 0.3) is 0 Å². The van der Waals surface area contributed by atoms with E-state index in [0.717, 1.165) is 29.1 Å². The summed E-state index contributed by atoms with van der Waals surface area (Å²) in [5, 5.41) is 3.71. The van der Waals surface area contributed by atoms with Crippen LogP contribution in [0.15, 0.2) is 23.1 Å². The molecule has 0 bridgehead atoms. The minimum atomic E-state index is -0.0680. The molecule has 1 heterocycles. The van der Waals surface area contributed by atoms with Crippen molar-refractivity contribution in [3.8, 4) is 0 Å². The van der Waals surface area contributed by atoms with E-state index in [9.17, 15) is 4.39 Å². The van der Waals surface area contributed by atoms with E-state index >= 15 is 0 Å². The second-order valence-electron chi connectivity index (χ2n) is 5.27. The lowest BCUT2D eigenvalue weighted by molar-refractivity contribution is 0.337. The number of rotatable bonds is 4. The molecule has 1 aromatic carbocycles. The fourth-order valence-electron chi connectivity index (χ4n) is 2.60. The Morgan fingerprint density at radius 2 is 2.22 bits per heavy atom. The molecule has 0 aliphatic carbocycles. The number of nitrogens with one attached hydrogen (secondary N) is 1. The highest BCUT2D eigenvalue weighted by atomic mass is 32.2. The van der Waals surface area contributed by atoms with Crippen LogP contribution < -0.4 is 5.32 Å². The van der Waals surface area contributed by atoms with Gasteiger partial charge in [-0.25, -0.2) is 4.39 Å². The molecule has 100 valence electrons. The summed E-state index contributed by atoms with van der Waals surface area (Å²) in [6.07, 6.45) is 2.20. The summed E-state index contributed by atoms with van der Waals surface area (Å²) in [6.45, 7) is 6.69. The number of hydrogen-bond acceptors (Lipinski definition) is 2. The van der Waals surface area contributed by atoms with Gasteiger partial charge in [-0.2, -0.15) is 0 Å². The van der Waals surface area contributed by atoms with Gasteiger partial charge in [-0.05, 0) is 36.1 Å². The third kappa shape index (κ3) is 2.89. The van der Waals surface area contributed by atoms with Crippen LogP contribution in [0.25, 0.3) is 0 Å². The minimum Gasteiger partial charge on any atom is -0.307 e. The first-order valence-electron chi connectivity index (χ1n) is 6.80. The van der Waals surface area contributed by atoms with Crippen LogP contribution in [0.5, 0.6) is 0 Å². The summed E-state index contributed by atoms with van der Waals surface area (Å²) in [5.74, 6) is 1.54. The van der Waals surface area contributed by atoms with Crippen LogP contribution in [0, 0.1) is 11.7 Å². The maximum atomic E-state index is 13.8. The van der Waals surface area contributed by atoms with Crippen molar-refractivity contribution >= 4 is 11.8 Å². The van der Waals surface area contributed by atoms with Crippen molar-refractivity contribution in [3.63, 3.8) is 0 Å². The van der Waals surface area contributed by atoms with Gasteiger partial charge in [-0.15, -0.1) is 11.8 Å². The van der Waals surface area contributed by atoms with Gasteiger partial charge in [-0.3, -0.25) is 0 Å². The van der Waals surface area contributed by atoms with Crippen LogP contribution in [0.4, 0.5) is 4.39 Å². The topological polar surface area (TPSA) is 12.0 Å². The van der Waals surface area contributed by atoms with Gasteiger partial charge in [-0.1, -0.05) is 32.9 Å². The van der Waals surface area contributed by atoms with E-state index in [2.05, 4.69) is 32.2 Å². The van der Waals surface area contributed by atoms with Crippen LogP contribution in [-0.4, -0.2) is 11.8 Å². The van der Waals surface area contributed by atoms with Gasteiger partial charge < -0.3 is 5.32 Å². The van der Waals surface area contributed by atoms with Crippen LogP contribution in [0.1, 0.15) is 45.2 Å². The Morgan fingerprint density at radius 3 is 2.89 bits per heavy atom. The first-order valence-corrected chi connectivity index (χ1v) is 7.79. The van der Waals surface area contributed by atoms with E-state index in [1.54, 1.807) is 17.8 Å². The summed E-state index contributed by atoms with van der Waals surface area (Å²) >= 11 is 1.65. The Labute approximate surface area is 114 Å². The zero-order valence-electron chi connectivity index (χ0n) is 11.4. The molecular formula is C15H22FNS. The van der Waals surface area contributed by atoms with E-state index < -0.39 is 0 Å². The van der Waals surface area contributed by atoms with Crippen molar-refractivity contribution in [2.24, 2.45) is 5.92 Å². The normalized spacial score (nSPS) is 20.8. The molecule has 2 atom stereocenters. The van der Waals surface area contributed by atoms with Gasteiger partial charge in [0.05, 0.1) is 0 Å². The largest absolute Gasteiger partial charge is 0.307 e. The molecule has 0 radical (unpaired) electrons. The van der Waals surface area contributed by atoms with Crippen LogP contribution in [0.3, 0.4) is 0 Å². The fraction of sp³-hybridized carbons (Fsp3) is 0.600. The second-order valence-corrected chi connectivity index (χ2v) is 6.38. The van der Waals surface area contributed by atoms with Gasteiger partial charge in [0.2, 0.25) is 0 Å². The third-order valence-electron chi connectivity index (χ3n) is 3.69. The lowest BCUT2D eigenvalue weighted by Gasteiger charge is -2.31. The Morgan fingerprint density at radius 1 is 1.44 bits per heavy atom. The lowest BCUT2D eigenvalue weighted by atomic mass is 9.97. The molecule has 1 aliphatic rings. The van der Waals surface area contributed by atoms with Gasteiger partial charge in [0, 0.05) is 17.0 Å². The van der Waals surface area contributed by atoms with Crippen molar-refractivity contribution in [2.45, 2.75) is 50.6 Å². The highest BCUT2D eigenvalue weighted by Crippen LogP contribution is 2.38. The summed E-state index contributed by atoms with van der Waals surface area (Å²) < 4.78 is 13.8. The summed E-state index contributed by atoms with van der Waals surface area (Å²) in [6, 6.07) is 6.27. The molecule has 1 nitrogen and oxygen atoms in total. The molecule has 0 spiro atoms. The van der Waals surface area contributed by atoms with Crippen molar-refractivity contribution in [2.75, 3.05) is 5.75 Å². The van der Waals surface area contributed by atoms with Crippen LogP contribution >= 0.6 is 11.8 Å². The first-order chi connectivity index (χ1) is 8.63. The van der Waals surface area contributed by atoms with Crippen LogP contribution in [0.2, 0.25) is 0 Å². The molecule has 1 aromatic rings. The first kappa shape index (κ1) is 13.9. The maximum Gasteiger partial charge on any atom is 0.137 e. The number of fused-ring (bicyclic) bond motifs is 1. The van der Waals surface area contributed by atoms with E-state index in [-0.39, 0.29) is 5.82 Å². The smallest absolute Gasteiger partial charge is 0.137 e. The molecule has 3 heteroatoms. The van der Waals surface area contributed by atoms with E-state index in [0.29, 0.717) is 18.0 Å². The van der Waals surface area contributed by atoms with Crippen LogP contribution in [-0.2, 0) is 0 Å². The third-order valence-corrected chi connectivity index (χ3v) is 4.84. The summed E-state index contributed by atoms with van der Waals surface area (Å²) in [4.78, 5) is 0.847. The number of hydrogen-bond donors (Lipinski definition) is 1. The molecular weight excluding hydrogens is 245 g/mol. The molecule has 0 saturated heterocycles. The van der Waals surface area contributed by atoms with Crippen molar-refractivity contribution in [1.29, 1.82) is 0 Å². The molecule has 1 aliphatic heterocycles. The SMILES string of the molecule is CCC(NC1CCSc2c(F)cccc21)C(C)C. The molecule has 0 fully saturated rings. The Bertz CT molecular complexity index is 405. The quantitative estimate of drug-likeness (QED) is 0.868. The Hall–Kier alpha value is -0.540. The predicted octanol–water partition coefficient (Wildman–Crippen LogP) is 4.39. The molecule has 0 amide bonds. The maximum absolute atomic E-state index is 13.8. The average molecular weight is 267 g/mol. The molecule has 2 rings (SSSR count). The highest BCUT2D eigenvalue weighted by Gasteiger charge is 2.25. The van der Waals surface area contributed by atoms with E-state index in [1.165, 1.54) is 0 Å². The molecule has 0 saturated carbocycles. The predicted molar refractivity (Wildman–Crippen MR) is 76.5 cm³/mol. The van der Waals surface area contributed by atoms with Gasteiger partial charge in [0.15, 0.2) is 0 Å². The summed E-state index contributed by atoms with van der Waals surface area (Å²) in [7, 11) is 0. The molecule has 0 aromatic heterocycles. The Balaban J connectivity index is 2.20. The Kier molecular flexibility index (Phi) is 4.68. The highest BCUT2D eigenvalue weighted by molar-refractivity contribution is 7.99. The number of benzene rings is 1.